The Labute approximate surface area is 85.3 Å². The van der Waals surface area contributed by atoms with Crippen LogP contribution in [0.4, 0.5) is 4.39 Å². The van der Waals surface area contributed by atoms with Crippen molar-refractivity contribution in [2.45, 2.75) is 58.7 Å². The third-order valence-electron chi connectivity index (χ3n) is 2.85. The molecule has 0 aromatic rings. The largest absolute Gasteiger partial charge is 0.350 e. The second-order valence-electron chi connectivity index (χ2n) is 5.27. The molecule has 14 heavy (non-hydrogen) atoms. The van der Waals surface area contributed by atoms with Crippen molar-refractivity contribution in [3.05, 3.63) is 0 Å². The quantitative estimate of drug-likeness (QED) is 0.746. The van der Waals surface area contributed by atoms with Gasteiger partial charge in [0.1, 0.15) is 0 Å². The zero-order valence-electron chi connectivity index (χ0n) is 9.48. The van der Waals surface area contributed by atoms with Crippen LogP contribution in [-0.2, 0) is 4.79 Å². The lowest BCUT2D eigenvalue weighted by Gasteiger charge is -2.31. The summed E-state index contributed by atoms with van der Waals surface area (Å²) < 4.78 is 13.4. The molecular formula is C11H20FNO. The van der Waals surface area contributed by atoms with Gasteiger partial charge in [0.25, 0.3) is 5.91 Å². The molecule has 1 amide bonds. The molecule has 1 saturated carbocycles. The molecule has 0 radical (unpaired) electrons. The minimum absolute atomic E-state index is 0.00431. The first-order valence-electron chi connectivity index (χ1n) is 5.29. The normalized spacial score (nSPS) is 21.5. The number of carbonyl (C=O) groups is 1. The smallest absolute Gasteiger partial charge is 0.257 e. The molecule has 1 N–H and O–H groups in total. The summed E-state index contributed by atoms with van der Waals surface area (Å²) >= 11 is 0. The summed E-state index contributed by atoms with van der Waals surface area (Å²) in [7, 11) is 0. The number of halogens is 1. The summed E-state index contributed by atoms with van der Waals surface area (Å²) in [5, 5.41) is 2.80. The number of amides is 1. The average molecular weight is 201 g/mol. The third-order valence-corrected chi connectivity index (χ3v) is 2.85. The van der Waals surface area contributed by atoms with E-state index in [9.17, 15) is 9.18 Å². The Morgan fingerprint density at radius 1 is 1.50 bits per heavy atom. The van der Waals surface area contributed by atoms with Gasteiger partial charge in [0.15, 0.2) is 5.67 Å². The van der Waals surface area contributed by atoms with Crippen molar-refractivity contribution in [1.29, 1.82) is 0 Å². The van der Waals surface area contributed by atoms with Gasteiger partial charge in [-0.1, -0.05) is 27.7 Å². The maximum atomic E-state index is 13.4. The van der Waals surface area contributed by atoms with Crippen LogP contribution in [0.1, 0.15) is 47.0 Å². The third kappa shape index (κ3) is 2.46. The predicted octanol–water partition coefficient (Wildman–Crippen LogP) is 2.43. The van der Waals surface area contributed by atoms with Crippen LogP contribution in [0.3, 0.4) is 0 Å². The van der Waals surface area contributed by atoms with E-state index >= 15 is 0 Å². The fourth-order valence-corrected chi connectivity index (χ4v) is 1.56. The van der Waals surface area contributed by atoms with Crippen LogP contribution in [0.2, 0.25) is 0 Å². The first-order valence-corrected chi connectivity index (χ1v) is 5.29. The zero-order valence-corrected chi connectivity index (χ0v) is 9.48. The highest BCUT2D eigenvalue weighted by molar-refractivity contribution is 5.88. The lowest BCUT2D eigenvalue weighted by Crippen LogP contribution is -2.47. The minimum atomic E-state index is -1.54. The van der Waals surface area contributed by atoms with E-state index in [1.807, 2.05) is 6.92 Å². The first-order chi connectivity index (χ1) is 6.29. The van der Waals surface area contributed by atoms with Crippen LogP contribution < -0.4 is 5.32 Å². The minimum Gasteiger partial charge on any atom is -0.350 e. The van der Waals surface area contributed by atoms with Crippen LogP contribution in [-0.4, -0.2) is 17.6 Å². The van der Waals surface area contributed by atoms with Crippen molar-refractivity contribution >= 4 is 5.91 Å². The monoisotopic (exact) mass is 201 g/mol. The SMILES string of the molecule is CCC(NC(=O)C1(F)CC1)C(C)(C)C. The predicted molar refractivity (Wildman–Crippen MR) is 54.7 cm³/mol. The van der Waals surface area contributed by atoms with Crippen LogP contribution >= 0.6 is 0 Å². The van der Waals surface area contributed by atoms with Crippen molar-refractivity contribution in [1.82, 2.24) is 5.32 Å². The summed E-state index contributed by atoms with van der Waals surface area (Å²) in [6.45, 7) is 8.17. The van der Waals surface area contributed by atoms with Gasteiger partial charge in [-0.2, -0.15) is 0 Å². The molecule has 0 aliphatic heterocycles. The number of hydrogen-bond acceptors (Lipinski definition) is 1. The fraction of sp³-hybridized carbons (Fsp3) is 0.909. The molecule has 0 saturated heterocycles. The lowest BCUT2D eigenvalue weighted by atomic mass is 9.85. The molecule has 1 aliphatic rings. The molecule has 0 spiro atoms. The highest BCUT2D eigenvalue weighted by Gasteiger charge is 2.51. The summed E-state index contributed by atoms with van der Waals surface area (Å²) in [4.78, 5) is 11.5. The standard InChI is InChI=1S/C11H20FNO/c1-5-8(10(2,3)4)13-9(14)11(12)6-7-11/h8H,5-7H2,1-4H3,(H,13,14). The van der Waals surface area contributed by atoms with E-state index in [2.05, 4.69) is 26.1 Å². The molecule has 1 rings (SSSR count). The lowest BCUT2D eigenvalue weighted by molar-refractivity contribution is -0.129. The number of hydrogen-bond donors (Lipinski definition) is 1. The van der Waals surface area contributed by atoms with Crippen LogP contribution in [0.5, 0.6) is 0 Å². The highest BCUT2D eigenvalue weighted by Crippen LogP contribution is 2.40. The molecule has 82 valence electrons. The van der Waals surface area contributed by atoms with Gasteiger partial charge in [0, 0.05) is 6.04 Å². The van der Waals surface area contributed by atoms with Gasteiger partial charge >= 0.3 is 0 Å². The van der Waals surface area contributed by atoms with Gasteiger partial charge < -0.3 is 5.32 Å². The molecule has 1 fully saturated rings. The molecule has 2 nitrogen and oxygen atoms in total. The van der Waals surface area contributed by atoms with E-state index in [-0.39, 0.29) is 11.5 Å². The number of nitrogens with one attached hydrogen (secondary N) is 1. The van der Waals surface area contributed by atoms with Gasteiger partial charge in [-0.05, 0) is 24.7 Å². The van der Waals surface area contributed by atoms with Gasteiger partial charge in [0.05, 0.1) is 0 Å². The maximum Gasteiger partial charge on any atom is 0.257 e. The first kappa shape index (κ1) is 11.5. The van der Waals surface area contributed by atoms with Crippen molar-refractivity contribution in [2.24, 2.45) is 5.41 Å². The molecule has 0 bridgehead atoms. The molecule has 0 aromatic carbocycles. The highest BCUT2D eigenvalue weighted by atomic mass is 19.1. The number of carbonyl (C=O) groups excluding carboxylic acids is 1. The van der Waals surface area contributed by atoms with Gasteiger partial charge in [-0.3, -0.25) is 4.79 Å². The van der Waals surface area contributed by atoms with E-state index in [1.165, 1.54) is 0 Å². The van der Waals surface area contributed by atoms with Crippen LogP contribution in [0, 0.1) is 5.41 Å². The van der Waals surface area contributed by atoms with E-state index in [0.29, 0.717) is 12.8 Å². The molecule has 1 unspecified atom stereocenters. The van der Waals surface area contributed by atoms with E-state index in [0.717, 1.165) is 6.42 Å². The van der Waals surface area contributed by atoms with Crippen molar-refractivity contribution in [3.63, 3.8) is 0 Å². The van der Waals surface area contributed by atoms with E-state index < -0.39 is 11.6 Å². The summed E-state index contributed by atoms with van der Waals surface area (Å²) in [5.41, 5.74) is -1.55. The van der Waals surface area contributed by atoms with Crippen LogP contribution in [0.25, 0.3) is 0 Å². The van der Waals surface area contributed by atoms with Gasteiger partial charge in [0.2, 0.25) is 0 Å². The Kier molecular flexibility index (Phi) is 2.88. The fourth-order valence-electron chi connectivity index (χ4n) is 1.56. The van der Waals surface area contributed by atoms with Crippen molar-refractivity contribution in [2.75, 3.05) is 0 Å². The summed E-state index contributed by atoms with van der Waals surface area (Å²) in [6, 6.07) is 0.0585. The van der Waals surface area contributed by atoms with Gasteiger partial charge in [-0.15, -0.1) is 0 Å². The Morgan fingerprint density at radius 2 is 2.00 bits per heavy atom. The summed E-state index contributed by atoms with van der Waals surface area (Å²) in [5.74, 6) is -0.417. The molecule has 3 heteroatoms. The Hall–Kier alpha value is -0.600. The second kappa shape index (κ2) is 3.52. The second-order valence-corrected chi connectivity index (χ2v) is 5.27. The van der Waals surface area contributed by atoms with E-state index in [4.69, 9.17) is 0 Å². The number of rotatable bonds is 3. The van der Waals surface area contributed by atoms with Crippen molar-refractivity contribution in [3.8, 4) is 0 Å². The average Bonchev–Trinajstić information content (AvgIpc) is 2.78. The van der Waals surface area contributed by atoms with Crippen molar-refractivity contribution < 1.29 is 9.18 Å². The van der Waals surface area contributed by atoms with E-state index in [1.54, 1.807) is 0 Å². The molecule has 0 aromatic heterocycles. The molecule has 1 atom stereocenters. The topological polar surface area (TPSA) is 29.1 Å². The van der Waals surface area contributed by atoms with Crippen LogP contribution in [0.15, 0.2) is 0 Å². The number of alkyl halides is 1. The Morgan fingerprint density at radius 3 is 2.29 bits per heavy atom. The zero-order chi connectivity index (χ0) is 11.0. The maximum absolute atomic E-state index is 13.4. The molecular weight excluding hydrogens is 181 g/mol. The van der Waals surface area contributed by atoms with Gasteiger partial charge in [-0.25, -0.2) is 4.39 Å². The molecule has 0 heterocycles. The Balaban J connectivity index is 2.53. The summed E-state index contributed by atoms with van der Waals surface area (Å²) in [6.07, 6.45) is 1.62. The Bertz CT molecular complexity index is 228. The molecule has 1 aliphatic carbocycles.